The van der Waals surface area contributed by atoms with Crippen molar-refractivity contribution in [2.75, 3.05) is 17.6 Å². The Morgan fingerprint density at radius 3 is 3.12 bits per heavy atom. The van der Waals surface area contributed by atoms with E-state index in [1.54, 1.807) is 11.8 Å². The van der Waals surface area contributed by atoms with Gasteiger partial charge in [0.2, 0.25) is 0 Å². The average molecular weight is 229 g/mol. The molecular formula is C12H11N3S. The van der Waals surface area contributed by atoms with E-state index in [-0.39, 0.29) is 0 Å². The van der Waals surface area contributed by atoms with Gasteiger partial charge in [-0.1, -0.05) is 23.9 Å². The number of rotatable bonds is 1. The van der Waals surface area contributed by atoms with Crippen molar-refractivity contribution in [3.63, 3.8) is 0 Å². The molecule has 3 nitrogen and oxygen atoms in total. The Morgan fingerprint density at radius 2 is 2.25 bits per heavy atom. The molecule has 80 valence electrons. The maximum absolute atomic E-state index is 4.39. The third kappa shape index (κ3) is 1.76. The highest BCUT2D eigenvalue weighted by atomic mass is 32.2. The SMILES string of the molecule is c1cc(NC2=NCCS2)c2ccncc2c1. The summed E-state index contributed by atoms with van der Waals surface area (Å²) in [6.07, 6.45) is 3.70. The standard InChI is InChI=1S/C12H11N3S/c1-2-9-8-13-5-4-10(9)11(3-1)15-12-14-6-7-16-12/h1-5,8H,6-7H2,(H,14,15). The van der Waals surface area contributed by atoms with Crippen molar-refractivity contribution in [1.29, 1.82) is 0 Å². The monoisotopic (exact) mass is 229 g/mol. The minimum absolute atomic E-state index is 0.916. The molecule has 0 atom stereocenters. The fraction of sp³-hybridized carbons (Fsp3) is 0.167. The molecule has 4 heteroatoms. The van der Waals surface area contributed by atoms with Crippen LogP contribution in [0.3, 0.4) is 0 Å². The van der Waals surface area contributed by atoms with Gasteiger partial charge in [0.1, 0.15) is 0 Å². The predicted molar refractivity (Wildman–Crippen MR) is 70.1 cm³/mol. The highest BCUT2D eigenvalue weighted by Crippen LogP contribution is 2.24. The van der Waals surface area contributed by atoms with Crippen LogP contribution < -0.4 is 5.32 Å². The maximum atomic E-state index is 4.39. The fourth-order valence-corrected chi connectivity index (χ4v) is 2.50. The third-order valence-corrected chi connectivity index (χ3v) is 3.40. The molecule has 0 fully saturated rings. The Morgan fingerprint density at radius 1 is 1.25 bits per heavy atom. The first-order chi connectivity index (χ1) is 7.93. The van der Waals surface area contributed by atoms with Crippen LogP contribution in [0.2, 0.25) is 0 Å². The number of fused-ring (bicyclic) bond motifs is 1. The third-order valence-electron chi connectivity index (χ3n) is 2.51. The number of hydrogen-bond donors (Lipinski definition) is 1. The Hall–Kier alpha value is -1.55. The summed E-state index contributed by atoms with van der Waals surface area (Å²) in [6, 6.07) is 8.20. The number of hydrogen-bond acceptors (Lipinski definition) is 4. The Bertz CT molecular complexity index is 545. The summed E-state index contributed by atoms with van der Waals surface area (Å²) in [5, 5.41) is 6.72. The lowest BCUT2D eigenvalue weighted by molar-refractivity contribution is 1.17. The van der Waals surface area contributed by atoms with E-state index >= 15 is 0 Å². The van der Waals surface area contributed by atoms with Gasteiger partial charge in [0.05, 0.1) is 6.54 Å². The second-order valence-electron chi connectivity index (χ2n) is 3.56. The second-order valence-corrected chi connectivity index (χ2v) is 4.65. The van der Waals surface area contributed by atoms with Crippen molar-refractivity contribution in [1.82, 2.24) is 4.98 Å². The summed E-state index contributed by atoms with van der Waals surface area (Å²) in [6.45, 7) is 0.916. The minimum atomic E-state index is 0.916. The van der Waals surface area contributed by atoms with E-state index in [4.69, 9.17) is 0 Å². The van der Waals surface area contributed by atoms with Crippen molar-refractivity contribution in [2.45, 2.75) is 0 Å². The van der Waals surface area contributed by atoms with E-state index in [0.29, 0.717) is 0 Å². The van der Waals surface area contributed by atoms with Crippen molar-refractivity contribution in [3.8, 4) is 0 Å². The Balaban J connectivity index is 2.02. The topological polar surface area (TPSA) is 37.3 Å². The molecule has 0 aliphatic carbocycles. The average Bonchev–Trinajstić information content (AvgIpc) is 2.82. The first-order valence-corrected chi connectivity index (χ1v) is 6.19. The van der Waals surface area contributed by atoms with E-state index < -0.39 is 0 Å². The van der Waals surface area contributed by atoms with Crippen LogP contribution in [-0.2, 0) is 0 Å². The van der Waals surface area contributed by atoms with Gasteiger partial charge in [0, 0.05) is 34.6 Å². The molecule has 0 radical (unpaired) electrons. The largest absolute Gasteiger partial charge is 0.334 e. The van der Waals surface area contributed by atoms with Crippen molar-refractivity contribution < 1.29 is 0 Å². The van der Waals surface area contributed by atoms with E-state index in [0.717, 1.165) is 28.5 Å². The Labute approximate surface area is 98.0 Å². The lowest BCUT2D eigenvalue weighted by atomic mass is 10.1. The van der Waals surface area contributed by atoms with E-state index in [1.807, 2.05) is 24.5 Å². The molecular weight excluding hydrogens is 218 g/mol. The maximum Gasteiger partial charge on any atom is 0.161 e. The molecule has 2 aromatic rings. The van der Waals surface area contributed by atoms with Gasteiger partial charge in [-0.25, -0.2) is 0 Å². The van der Waals surface area contributed by atoms with Crippen LogP contribution in [0.15, 0.2) is 41.7 Å². The molecule has 0 amide bonds. The molecule has 2 heterocycles. The molecule has 1 aliphatic heterocycles. The first kappa shape index (κ1) is 9.66. The van der Waals surface area contributed by atoms with Crippen LogP contribution in [0.5, 0.6) is 0 Å². The van der Waals surface area contributed by atoms with Gasteiger partial charge in [-0.3, -0.25) is 9.98 Å². The number of nitrogens with zero attached hydrogens (tertiary/aromatic N) is 2. The zero-order valence-electron chi connectivity index (χ0n) is 8.68. The van der Waals surface area contributed by atoms with Crippen LogP contribution in [0.25, 0.3) is 10.8 Å². The minimum Gasteiger partial charge on any atom is -0.334 e. The van der Waals surface area contributed by atoms with E-state index in [2.05, 4.69) is 27.4 Å². The molecule has 1 aromatic carbocycles. The van der Waals surface area contributed by atoms with Gasteiger partial charge >= 0.3 is 0 Å². The van der Waals surface area contributed by atoms with Crippen LogP contribution >= 0.6 is 11.8 Å². The van der Waals surface area contributed by atoms with Gasteiger partial charge < -0.3 is 5.32 Å². The summed E-state index contributed by atoms with van der Waals surface area (Å²) in [4.78, 5) is 8.51. The summed E-state index contributed by atoms with van der Waals surface area (Å²) in [7, 11) is 0. The van der Waals surface area contributed by atoms with Gasteiger partial charge in [0.25, 0.3) is 0 Å². The zero-order chi connectivity index (χ0) is 10.8. The van der Waals surface area contributed by atoms with E-state index in [1.165, 1.54) is 5.39 Å². The Kier molecular flexibility index (Phi) is 2.50. The van der Waals surface area contributed by atoms with Crippen LogP contribution in [0.4, 0.5) is 5.69 Å². The molecule has 1 N–H and O–H groups in total. The molecule has 0 unspecified atom stereocenters. The summed E-state index contributed by atoms with van der Waals surface area (Å²) >= 11 is 1.77. The van der Waals surface area contributed by atoms with Crippen molar-refractivity contribution in [3.05, 3.63) is 36.7 Å². The van der Waals surface area contributed by atoms with Crippen LogP contribution in [0, 0.1) is 0 Å². The molecule has 0 saturated heterocycles. The smallest absolute Gasteiger partial charge is 0.161 e. The summed E-state index contributed by atoms with van der Waals surface area (Å²) < 4.78 is 0. The lowest BCUT2D eigenvalue weighted by Gasteiger charge is -2.08. The number of anilines is 1. The number of aromatic nitrogens is 1. The summed E-state index contributed by atoms with van der Waals surface area (Å²) in [5.41, 5.74) is 1.10. The van der Waals surface area contributed by atoms with Gasteiger partial charge in [-0.15, -0.1) is 0 Å². The molecule has 0 saturated carbocycles. The normalized spacial score (nSPS) is 15.1. The highest BCUT2D eigenvalue weighted by molar-refractivity contribution is 8.14. The number of amidine groups is 1. The van der Waals surface area contributed by atoms with Crippen LogP contribution in [0.1, 0.15) is 0 Å². The molecule has 1 aromatic heterocycles. The van der Waals surface area contributed by atoms with Crippen LogP contribution in [-0.4, -0.2) is 22.4 Å². The number of nitrogens with one attached hydrogen (secondary N) is 1. The number of benzene rings is 1. The van der Waals surface area contributed by atoms with Gasteiger partial charge in [0.15, 0.2) is 5.17 Å². The van der Waals surface area contributed by atoms with Crippen molar-refractivity contribution >= 4 is 33.4 Å². The lowest BCUT2D eigenvalue weighted by Crippen LogP contribution is -2.05. The van der Waals surface area contributed by atoms with Gasteiger partial charge in [-0.05, 0) is 12.1 Å². The highest BCUT2D eigenvalue weighted by Gasteiger charge is 2.08. The molecule has 0 bridgehead atoms. The first-order valence-electron chi connectivity index (χ1n) is 5.20. The van der Waals surface area contributed by atoms with E-state index in [9.17, 15) is 0 Å². The molecule has 3 rings (SSSR count). The van der Waals surface area contributed by atoms with Crippen molar-refractivity contribution in [2.24, 2.45) is 4.99 Å². The fourth-order valence-electron chi connectivity index (χ4n) is 1.76. The molecule has 1 aliphatic rings. The van der Waals surface area contributed by atoms with Gasteiger partial charge in [-0.2, -0.15) is 0 Å². The zero-order valence-corrected chi connectivity index (χ0v) is 9.50. The number of thioether (sulfide) groups is 1. The summed E-state index contributed by atoms with van der Waals surface area (Å²) in [5.74, 6) is 1.08. The molecule has 16 heavy (non-hydrogen) atoms. The number of pyridine rings is 1. The quantitative estimate of drug-likeness (QED) is 0.817. The predicted octanol–water partition coefficient (Wildman–Crippen LogP) is 2.75. The number of aliphatic imine (C=N–C) groups is 1. The molecule has 0 spiro atoms. The second kappa shape index (κ2) is 4.14.